The number of nitrogens with one attached hydrogen (secondary N) is 1. The molecule has 0 spiro atoms. The van der Waals surface area contributed by atoms with Gasteiger partial charge in [0.15, 0.2) is 0 Å². The van der Waals surface area contributed by atoms with E-state index in [1.54, 1.807) is 0 Å². The van der Waals surface area contributed by atoms with Gasteiger partial charge in [0.1, 0.15) is 0 Å². The van der Waals surface area contributed by atoms with Crippen molar-refractivity contribution in [3.8, 4) is 0 Å². The molecular weight excluding hydrogens is 288 g/mol. The van der Waals surface area contributed by atoms with Crippen molar-refractivity contribution in [1.82, 2.24) is 0 Å². The molecule has 0 unspecified atom stereocenters. The number of rotatable bonds is 3. The van der Waals surface area contributed by atoms with E-state index in [2.05, 4.69) is 5.32 Å². The number of carboxylic acid groups (broad SMARTS) is 1. The lowest BCUT2D eigenvalue weighted by molar-refractivity contribution is -0.131. The molecule has 1 aromatic carbocycles. The fourth-order valence-corrected chi connectivity index (χ4v) is 1.53. The number of amides is 1. The number of benzene rings is 1. The van der Waals surface area contributed by atoms with E-state index in [4.69, 9.17) is 39.9 Å². The summed E-state index contributed by atoms with van der Waals surface area (Å²) >= 11 is 17.3. The molecule has 4 nitrogen and oxygen atoms in total. The summed E-state index contributed by atoms with van der Waals surface area (Å²) < 4.78 is 0. The largest absolute Gasteiger partial charge is 0.478 e. The highest BCUT2D eigenvalue weighted by Gasteiger charge is 2.07. The highest BCUT2D eigenvalue weighted by molar-refractivity contribution is 6.44. The molecular formula is C10H6Cl3NO3. The summed E-state index contributed by atoms with van der Waals surface area (Å²) in [5, 5.41) is 11.4. The molecule has 2 N–H and O–H groups in total. The van der Waals surface area contributed by atoms with Crippen molar-refractivity contribution in [3.05, 3.63) is 39.4 Å². The standard InChI is InChI=1S/C10H6Cl3NO3/c11-5-3-7(13)8(4-6(5)12)14-9(15)1-2-10(16)17/h1-4H,(H,14,15)(H,16,17)/b2-1+. The Morgan fingerprint density at radius 1 is 1.06 bits per heavy atom. The predicted octanol–water partition coefficient (Wildman–Crippen LogP) is 3.23. The fourth-order valence-electron chi connectivity index (χ4n) is 0.940. The van der Waals surface area contributed by atoms with Crippen molar-refractivity contribution in [2.24, 2.45) is 0 Å². The van der Waals surface area contributed by atoms with Crippen molar-refractivity contribution >= 4 is 52.4 Å². The van der Waals surface area contributed by atoms with Crippen LogP contribution in [0.25, 0.3) is 0 Å². The Balaban J connectivity index is 2.85. The van der Waals surface area contributed by atoms with Crippen LogP contribution in [0, 0.1) is 0 Å². The average molecular weight is 295 g/mol. The molecule has 0 aliphatic rings. The molecule has 0 fully saturated rings. The summed E-state index contributed by atoms with van der Waals surface area (Å²) in [7, 11) is 0. The van der Waals surface area contributed by atoms with Crippen molar-refractivity contribution < 1.29 is 14.7 Å². The van der Waals surface area contributed by atoms with Crippen LogP contribution in [0.1, 0.15) is 0 Å². The Hall–Kier alpha value is -1.23. The Morgan fingerprint density at radius 3 is 2.24 bits per heavy atom. The predicted molar refractivity (Wildman–Crippen MR) is 66.9 cm³/mol. The van der Waals surface area contributed by atoms with E-state index < -0.39 is 11.9 Å². The number of carbonyl (C=O) groups excluding carboxylic acids is 1. The summed E-state index contributed by atoms with van der Waals surface area (Å²) in [6.07, 6.45) is 1.57. The van der Waals surface area contributed by atoms with E-state index >= 15 is 0 Å². The SMILES string of the molecule is O=C(O)/C=C/C(=O)Nc1cc(Cl)c(Cl)cc1Cl. The number of halogens is 3. The number of hydrogen-bond acceptors (Lipinski definition) is 2. The van der Waals surface area contributed by atoms with Crippen molar-refractivity contribution in [1.29, 1.82) is 0 Å². The minimum atomic E-state index is -1.22. The summed E-state index contributed by atoms with van der Waals surface area (Å²) in [5.41, 5.74) is 0.251. The van der Waals surface area contributed by atoms with Gasteiger partial charge < -0.3 is 10.4 Å². The number of anilines is 1. The van der Waals surface area contributed by atoms with Crippen LogP contribution in [-0.2, 0) is 9.59 Å². The van der Waals surface area contributed by atoms with Gasteiger partial charge in [-0.1, -0.05) is 34.8 Å². The molecule has 0 saturated heterocycles. The highest BCUT2D eigenvalue weighted by atomic mass is 35.5. The molecule has 1 amide bonds. The van der Waals surface area contributed by atoms with Gasteiger partial charge in [0.05, 0.1) is 20.8 Å². The first kappa shape index (κ1) is 13.8. The van der Waals surface area contributed by atoms with Crippen LogP contribution >= 0.6 is 34.8 Å². The smallest absolute Gasteiger partial charge is 0.328 e. The number of aliphatic carboxylic acids is 1. The first-order chi connectivity index (χ1) is 7.90. The molecule has 0 radical (unpaired) electrons. The molecule has 0 aromatic heterocycles. The zero-order valence-corrected chi connectivity index (χ0v) is 10.5. The van der Waals surface area contributed by atoms with E-state index in [1.165, 1.54) is 12.1 Å². The van der Waals surface area contributed by atoms with Crippen LogP contribution in [0.4, 0.5) is 5.69 Å². The second kappa shape index (κ2) is 5.91. The van der Waals surface area contributed by atoms with Gasteiger partial charge in [-0.15, -0.1) is 0 Å². The zero-order chi connectivity index (χ0) is 13.0. The summed E-state index contributed by atoms with van der Waals surface area (Å²) in [6, 6.07) is 2.75. The van der Waals surface area contributed by atoms with Gasteiger partial charge in [-0.05, 0) is 12.1 Å². The third-order valence-corrected chi connectivity index (χ3v) is 2.68. The normalized spacial score (nSPS) is 10.5. The maximum absolute atomic E-state index is 11.3. The second-order valence-corrected chi connectivity index (χ2v) is 4.13. The molecule has 0 saturated carbocycles. The monoisotopic (exact) mass is 293 g/mol. The van der Waals surface area contributed by atoms with Gasteiger partial charge in [-0.25, -0.2) is 4.79 Å². The Bertz CT molecular complexity index is 500. The Kier molecular flexibility index (Phi) is 4.81. The van der Waals surface area contributed by atoms with Crippen LogP contribution in [0.15, 0.2) is 24.3 Å². The molecule has 1 aromatic rings. The minimum Gasteiger partial charge on any atom is -0.478 e. The average Bonchev–Trinajstić information content (AvgIpc) is 2.23. The maximum Gasteiger partial charge on any atom is 0.328 e. The van der Waals surface area contributed by atoms with E-state index in [9.17, 15) is 9.59 Å². The maximum atomic E-state index is 11.3. The third kappa shape index (κ3) is 4.26. The van der Waals surface area contributed by atoms with E-state index in [0.29, 0.717) is 6.08 Å². The number of carboxylic acids is 1. The van der Waals surface area contributed by atoms with Gasteiger partial charge in [-0.3, -0.25) is 4.79 Å². The van der Waals surface area contributed by atoms with Crippen molar-refractivity contribution in [3.63, 3.8) is 0 Å². The summed E-state index contributed by atoms with van der Waals surface area (Å²) in [5.74, 6) is -1.85. The zero-order valence-electron chi connectivity index (χ0n) is 8.21. The van der Waals surface area contributed by atoms with Crippen LogP contribution in [0.5, 0.6) is 0 Å². The molecule has 1 rings (SSSR count). The third-order valence-electron chi connectivity index (χ3n) is 1.65. The molecule has 0 heterocycles. The van der Waals surface area contributed by atoms with E-state index in [-0.39, 0.29) is 20.8 Å². The van der Waals surface area contributed by atoms with Crippen molar-refractivity contribution in [2.45, 2.75) is 0 Å². The lowest BCUT2D eigenvalue weighted by atomic mass is 10.3. The summed E-state index contributed by atoms with van der Waals surface area (Å²) in [6.45, 7) is 0. The lowest BCUT2D eigenvalue weighted by Crippen LogP contribution is -2.09. The van der Waals surface area contributed by atoms with Crippen molar-refractivity contribution in [2.75, 3.05) is 5.32 Å². The highest BCUT2D eigenvalue weighted by Crippen LogP contribution is 2.32. The lowest BCUT2D eigenvalue weighted by Gasteiger charge is -2.06. The van der Waals surface area contributed by atoms with Gasteiger partial charge >= 0.3 is 5.97 Å². The molecule has 90 valence electrons. The Morgan fingerprint density at radius 2 is 1.65 bits per heavy atom. The molecule has 0 aliphatic carbocycles. The first-order valence-corrected chi connectivity index (χ1v) is 5.40. The van der Waals surface area contributed by atoms with Crippen LogP contribution < -0.4 is 5.32 Å². The molecule has 0 aliphatic heterocycles. The number of carbonyl (C=O) groups is 2. The molecule has 0 atom stereocenters. The first-order valence-electron chi connectivity index (χ1n) is 4.26. The van der Waals surface area contributed by atoms with Gasteiger partial charge in [0, 0.05) is 12.2 Å². The van der Waals surface area contributed by atoms with Gasteiger partial charge in [-0.2, -0.15) is 0 Å². The fraction of sp³-hybridized carbons (Fsp3) is 0. The second-order valence-electron chi connectivity index (χ2n) is 2.91. The molecule has 7 heteroatoms. The van der Waals surface area contributed by atoms with Gasteiger partial charge in [0.25, 0.3) is 0 Å². The van der Waals surface area contributed by atoms with Crippen LogP contribution in [0.2, 0.25) is 15.1 Å². The number of hydrogen-bond donors (Lipinski definition) is 2. The van der Waals surface area contributed by atoms with E-state index in [0.717, 1.165) is 6.08 Å². The minimum absolute atomic E-state index is 0.205. The van der Waals surface area contributed by atoms with Crippen LogP contribution in [0.3, 0.4) is 0 Å². The molecule has 17 heavy (non-hydrogen) atoms. The quantitative estimate of drug-likeness (QED) is 0.664. The van der Waals surface area contributed by atoms with Gasteiger partial charge in [0.2, 0.25) is 5.91 Å². The summed E-state index contributed by atoms with van der Waals surface area (Å²) in [4.78, 5) is 21.5. The topological polar surface area (TPSA) is 66.4 Å². The van der Waals surface area contributed by atoms with Crippen LogP contribution in [-0.4, -0.2) is 17.0 Å². The van der Waals surface area contributed by atoms with E-state index in [1.807, 2.05) is 0 Å². The molecule has 0 bridgehead atoms. The Labute approximate surface area is 112 Å².